The maximum Gasteiger partial charge on any atom is 0.224 e. The van der Waals surface area contributed by atoms with Gasteiger partial charge in [0.2, 0.25) is 5.91 Å². The number of halogens is 1. The molecule has 1 atom stereocenters. The van der Waals surface area contributed by atoms with E-state index in [1.54, 1.807) is 25.3 Å². The van der Waals surface area contributed by atoms with Gasteiger partial charge in [-0.3, -0.25) is 4.79 Å². The Morgan fingerprint density at radius 2 is 2.39 bits per heavy atom. The molecule has 4 heteroatoms. The Morgan fingerprint density at radius 1 is 1.56 bits per heavy atom. The molecule has 0 aromatic heterocycles. The van der Waals surface area contributed by atoms with Gasteiger partial charge in [-0.2, -0.15) is 0 Å². The van der Waals surface area contributed by atoms with Gasteiger partial charge in [-0.15, -0.1) is 0 Å². The molecule has 1 aliphatic rings. The summed E-state index contributed by atoms with van der Waals surface area (Å²) in [6.45, 7) is 0. The van der Waals surface area contributed by atoms with Crippen LogP contribution in [-0.4, -0.2) is 13.0 Å². The number of allylic oxidation sites excluding steroid dienone is 2. The van der Waals surface area contributed by atoms with Gasteiger partial charge in [0, 0.05) is 12.1 Å². The number of carbonyl (C=O) groups is 1. The molecule has 3 nitrogen and oxygen atoms in total. The number of hydrogen-bond donors (Lipinski definition) is 1. The van der Waals surface area contributed by atoms with Crippen LogP contribution in [0.25, 0.3) is 0 Å². The monoisotopic (exact) mass is 265 g/mol. The second-order valence-electron chi connectivity index (χ2n) is 4.37. The summed E-state index contributed by atoms with van der Waals surface area (Å²) >= 11 is 6.00. The average Bonchev–Trinajstić information content (AvgIpc) is 2.82. The van der Waals surface area contributed by atoms with Crippen molar-refractivity contribution in [2.24, 2.45) is 5.92 Å². The van der Waals surface area contributed by atoms with Gasteiger partial charge in [0.25, 0.3) is 0 Å². The molecular weight excluding hydrogens is 250 g/mol. The van der Waals surface area contributed by atoms with Crippen LogP contribution >= 0.6 is 11.6 Å². The Morgan fingerprint density at radius 3 is 3.00 bits per heavy atom. The van der Waals surface area contributed by atoms with Gasteiger partial charge in [-0.1, -0.05) is 23.8 Å². The number of ether oxygens (including phenoxy) is 1. The smallest absolute Gasteiger partial charge is 0.224 e. The van der Waals surface area contributed by atoms with E-state index in [1.807, 2.05) is 0 Å². The molecule has 1 aromatic carbocycles. The first-order chi connectivity index (χ1) is 8.69. The largest absolute Gasteiger partial charge is 0.495 e. The van der Waals surface area contributed by atoms with E-state index in [0.717, 1.165) is 12.8 Å². The Kier molecular flexibility index (Phi) is 4.26. The highest BCUT2D eigenvalue weighted by molar-refractivity contribution is 6.32. The predicted molar refractivity (Wildman–Crippen MR) is 73.1 cm³/mol. The molecule has 96 valence electrons. The zero-order chi connectivity index (χ0) is 13.0. The zero-order valence-corrected chi connectivity index (χ0v) is 11.0. The molecule has 0 radical (unpaired) electrons. The first-order valence-corrected chi connectivity index (χ1v) is 6.37. The lowest BCUT2D eigenvalue weighted by atomic mass is 10.1. The lowest BCUT2D eigenvalue weighted by Gasteiger charge is -2.10. The van der Waals surface area contributed by atoms with Crippen LogP contribution in [0.3, 0.4) is 0 Å². The molecule has 0 unspecified atom stereocenters. The Bertz CT molecular complexity index is 471. The van der Waals surface area contributed by atoms with Crippen LogP contribution < -0.4 is 10.1 Å². The maximum absolute atomic E-state index is 11.8. The van der Waals surface area contributed by atoms with E-state index in [-0.39, 0.29) is 5.91 Å². The molecule has 1 N–H and O–H groups in total. The molecule has 0 fully saturated rings. The highest BCUT2D eigenvalue weighted by Gasteiger charge is 2.14. The van der Waals surface area contributed by atoms with Gasteiger partial charge >= 0.3 is 0 Å². The fraction of sp³-hybridized carbons (Fsp3) is 0.357. The third kappa shape index (κ3) is 3.26. The summed E-state index contributed by atoms with van der Waals surface area (Å²) in [4.78, 5) is 11.8. The molecule has 1 aliphatic carbocycles. The van der Waals surface area contributed by atoms with E-state index >= 15 is 0 Å². The third-order valence-corrected chi connectivity index (χ3v) is 3.29. The number of rotatable bonds is 4. The average molecular weight is 266 g/mol. The second kappa shape index (κ2) is 5.91. The molecular formula is C14H16ClNO2. The van der Waals surface area contributed by atoms with Gasteiger partial charge in [0.05, 0.1) is 12.1 Å². The minimum Gasteiger partial charge on any atom is -0.495 e. The summed E-state index contributed by atoms with van der Waals surface area (Å²) in [6.07, 6.45) is 6.91. The standard InChI is InChI=1S/C14H16ClNO2/c1-18-13-7-6-11(9-12(13)15)16-14(17)8-10-4-2-3-5-10/h2,4,6-7,9-10H,3,5,8H2,1H3,(H,16,17)/t10-/m1/s1. The van der Waals surface area contributed by atoms with Gasteiger partial charge in [0.1, 0.15) is 5.75 Å². The topological polar surface area (TPSA) is 38.3 Å². The van der Waals surface area contributed by atoms with E-state index in [4.69, 9.17) is 16.3 Å². The highest BCUT2D eigenvalue weighted by Crippen LogP contribution is 2.27. The van der Waals surface area contributed by atoms with Crippen molar-refractivity contribution in [3.8, 4) is 5.75 Å². The normalized spacial score (nSPS) is 17.8. The van der Waals surface area contributed by atoms with E-state index in [1.165, 1.54) is 0 Å². The Labute approximate surface area is 112 Å². The second-order valence-corrected chi connectivity index (χ2v) is 4.77. The number of nitrogens with one attached hydrogen (secondary N) is 1. The van der Waals surface area contributed by atoms with Crippen molar-refractivity contribution in [1.29, 1.82) is 0 Å². The van der Waals surface area contributed by atoms with Crippen molar-refractivity contribution >= 4 is 23.2 Å². The van der Waals surface area contributed by atoms with Crippen molar-refractivity contribution < 1.29 is 9.53 Å². The van der Waals surface area contributed by atoms with Crippen molar-refractivity contribution in [2.75, 3.05) is 12.4 Å². The van der Waals surface area contributed by atoms with E-state index < -0.39 is 0 Å². The molecule has 0 spiro atoms. The number of methoxy groups -OCH3 is 1. The SMILES string of the molecule is COc1ccc(NC(=O)C[C@@H]2C=CCC2)cc1Cl. The zero-order valence-electron chi connectivity index (χ0n) is 10.3. The van der Waals surface area contributed by atoms with Crippen molar-refractivity contribution in [3.05, 3.63) is 35.4 Å². The minimum atomic E-state index is 0.0211. The summed E-state index contributed by atoms with van der Waals surface area (Å²) in [6, 6.07) is 5.23. The van der Waals surface area contributed by atoms with Crippen LogP contribution in [0.5, 0.6) is 5.75 Å². The number of carbonyl (C=O) groups excluding carboxylic acids is 1. The Balaban J connectivity index is 1.94. The molecule has 1 amide bonds. The van der Waals surface area contributed by atoms with E-state index in [9.17, 15) is 4.79 Å². The molecule has 0 bridgehead atoms. The predicted octanol–water partition coefficient (Wildman–Crippen LogP) is 3.64. The minimum absolute atomic E-state index is 0.0211. The van der Waals surface area contributed by atoms with Gasteiger partial charge in [-0.05, 0) is 37.0 Å². The molecule has 1 aromatic rings. The maximum atomic E-state index is 11.8. The lowest BCUT2D eigenvalue weighted by molar-refractivity contribution is -0.116. The number of hydrogen-bond acceptors (Lipinski definition) is 2. The summed E-state index contributed by atoms with van der Waals surface area (Å²) < 4.78 is 5.06. The fourth-order valence-electron chi connectivity index (χ4n) is 2.06. The van der Waals surface area contributed by atoms with Crippen molar-refractivity contribution in [1.82, 2.24) is 0 Å². The van der Waals surface area contributed by atoms with Crippen LogP contribution in [-0.2, 0) is 4.79 Å². The molecule has 0 heterocycles. The number of benzene rings is 1. The van der Waals surface area contributed by atoms with E-state index in [0.29, 0.717) is 28.8 Å². The van der Waals surface area contributed by atoms with Crippen molar-refractivity contribution in [3.63, 3.8) is 0 Å². The van der Waals surface area contributed by atoms with Crippen LogP contribution in [0.1, 0.15) is 19.3 Å². The first-order valence-electron chi connectivity index (χ1n) is 5.99. The Hall–Kier alpha value is -1.48. The van der Waals surface area contributed by atoms with Crippen LogP contribution in [0.15, 0.2) is 30.4 Å². The summed E-state index contributed by atoms with van der Waals surface area (Å²) in [7, 11) is 1.56. The molecule has 0 saturated heterocycles. The summed E-state index contributed by atoms with van der Waals surface area (Å²) in [5.41, 5.74) is 0.702. The molecule has 18 heavy (non-hydrogen) atoms. The third-order valence-electron chi connectivity index (χ3n) is 3.00. The molecule has 0 saturated carbocycles. The summed E-state index contributed by atoms with van der Waals surface area (Å²) in [5, 5.41) is 3.34. The highest BCUT2D eigenvalue weighted by atomic mass is 35.5. The van der Waals surface area contributed by atoms with E-state index in [2.05, 4.69) is 17.5 Å². The molecule has 0 aliphatic heterocycles. The lowest BCUT2D eigenvalue weighted by Crippen LogP contribution is -2.14. The van der Waals surface area contributed by atoms with Crippen LogP contribution in [0.2, 0.25) is 5.02 Å². The number of anilines is 1. The van der Waals surface area contributed by atoms with Gasteiger partial charge < -0.3 is 10.1 Å². The van der Waals surface area contributed by atoms with Gasteiger partial charge in [-0.25, -0.2) is 0 Å². The quantitative estimate of drug-likeness (QED) is 0.844. The van der Waals surface area contributed by atoms with Crippen LogP contribution in [0.4, 0.5) is 5.69 Å². The van der Waals surface area contributed by atoms with Crippen molar-refractivity contribution in [2.45, 2.75) is 19.3 Å². The van der Waals surface area contributed by atoms with Gasteiger partial charge in [0.15, 0.2) is 0 Å². The fourth-order valence-corrected chi connectivity index (χ4v) is 2.32. The summed E-state index contributed by atoms with van der Waals surface area (Å²) in [5.74, 6) is 1.000. The number of amides is 1. The van der Waals surface area contributed by atoms with Crippen LogP contribution in [0, 0.1) is 5.92 Å². The first kappa shape index (κ1) is 13.0. The molecule has 2 rings (SSSR count).